The van der Waals surface area contributed by atoms with Gasteiger partial charge in [0.05, 0.1) is 6.10 Å². The van der Waals surface area contributed by atoms with E-state index < -0.39 is 6.10 Å². The molecule has 5 heteroatoms. The van der Waals surface area contributed by atoms with E-state index >= 15 is 0 Å². The first-order valence-corrected chi connectivity index (χ1v) is 5.26. The molecule has 1 rings (SSSR count). The minimum absolute atomic E-state index is 0.112. The Morgan fingerprint density at radius 1 is 1.33 bits per heavy atom. The summed E-state index contributed by atoms with van der Waals surface area (Å²) >= 11 is 0. The maximum Gasteiger partial charge on any atom is 0.219 e. The number of piperazine rings is 1. The van der Waals surface area contributed by atoms with Crippen LogP contribution >= 0.6 is 0 Å². The zero-order valence-electron chi connectivity index (χ0n) is 9.64. The zero-order valence-corrected chi connectivity index (χ0v) is 9.64. The number of nitrogens with zero attached hydrogens (tertiary/aromatic N) is 2. The number of hydrogen-bond acceptors (Lipinski definition) is 4. The average Bonchev–Trinajstić information content (AvgIpc) is 2.19. The van der Waals surface area contributed by atoms with E-state index in [1.54, 1.807) is 21.0 Å². The van der Waals surface area contributed by atoms with Crippen molar-refractivity contribution in [1.82, 2.24) is 9.80 Å². The third-order valence-corrected chi connectivity index (χ3v) is 2.77. The fraction of sp³-hybridized carbons (Fsp3) is 0.900. The van der Waals surface area contributed by atoms with Crippen LogP contribution < -0.4 is 0 Å². The van der Waals surface area contributed by atoms with Crippen LogP contribution in [0.3, 0.4) is 0 Å². The Hall–Kier alpha value is -0.650. The van der Waals surface area contributed by atoms with Crippen molar-refractivity contribution < 1.29 is 14.6 Å². The van der Waals surface area contributed by atoms with Gasteiger partial charge in [-0.2, -0.15) is 0 Å². The van der Waals surface area contributed by atoms with Crippen molar-refractivity contribution in [2.45, 2.75) is 26.2 Å². The van der Waals surface area contributed by atoms with Crippen molar-refractivity contribution in [3.05, 3.63) is 0 Å². The summed E-state index contributed by atoms with van der Waals surface area (Å²) in [6, 6.07) is 0. The van der Waals surface area contributed by atoms with Gasteiger partial charge in [-0.15, -0.1) is 0 Å². The molecule has 1 heterocycles. The third kappa shape index (κ3) is 3.15. The molecule has 0 spiro atoms. The Bertz CT molecular complexity index is 213. The minimum Gasteiger partial charge on any atom is -0.389 e. The molecular formula is C10H20N2O3. The molecule has 88 valence electrons. The van der Waals surface area contributed by atoms with Gasteiger partial charge in [0.1, 0.15) is 6.23 Å². The van der Waals surface area contributed by atoms with Crippen molar-refractivity contribution in [2.75, 3.05) is 33.3 Å². The number of amides is 1. The SMILES string of the molecule is COC([C@H](C)O)N1CCN(C(C)=O)CC1. The van der Waals surface area contributed by atoms with Gasteiger partial charge in [0.15, 0.2) is 0 Å². The molecule has 0 saturated carbocycles. The highest BCUT2D eigenvalue weighted by Gasteiger charge is 2.27. The van der Waals surface area contributed by atoms with Gasteiger partial charge in [-0.05, 0) is 6.92 Å². The molecule has 1 aliphatic heterocycles. The van der Waals surface area contributed by atoms with Crippen LogP contribution in [0.2, 0.25) is 0 Å². The predicted molar refractivity (Wildman–Crippen MR) is 56.3 cm³/mol. The first-order valence-electron chi connectivity index (χ1n) is 5.26. The molecule has 1 saturated heterocycles. The van der Waals surface area contributed by atoms with Gasteiger partial charge in [-0.3, -0.25) is 9.69 Å². The largest absolute Gasteiger partial charge is 0.389 e. The van der Waals surface area contributed by atoms with Gasteiger partial charge in [0.2, 0.25) is 5.91 Å². The van der Waals surface area contributed by atoms with Crippen LogP contribution in [0.5, 0.6) is 0 Å². The minimum atomic E-state index is -0.515. The lowest BCUT2D eigenvalue weighted by Gasteiger charge is -2.39. The molecular weight excluding hydrogens is 196 g/mol. The topological polar surface area (TPSA) is 53.0 Å². The lowest BCUT2D eigenvalue weighted by atomic mass is 10.2. The van der Waals surface area contributed by atoms with E-state index in [2.05, 4.69) is 4.90 Å². The van der Waals surface area contributed by atoms with Crippen LogP contribution in [0, 0.1) is 0 Å². The molecule has 0 bridgehead atoms. The molecule has 0 aliphatic carbocycles. The van der Waals surface area contributed by atoms with Crippen molar-refractivity contribution in [1.29, 1.82) is 0 Å². The summed E-state index contributed by atoms with van der Waals surface area (Å²) in [6.07, 6.45) is -0.780. The van der Waals surface area contributed by atoms with Gasteiger partial charge >= 0.3 is 0 Å². The van der Waals surface area contributed by atoms with E-state index in [0.717, 1.165) is 13.1 Å². The number of methoxy groups -OCH3 is 1. The molecule has 1 N–H and O–H groups in total. The van der Waals surface area contributed by atoms with Crippen LogP contribution in [-0.2, 0) is 9.53 Å². The summed E-state index contributed by atoms with van der Waals surface area (Å²) in [5.41, 5.74) is 0. The van der Waals surface area contributed by atoms with E-state index in [1.807, 2.05) is 4.90 Å². The summed E-state index contributed by atoms with van der Waals surface area (Å²) in [7, 11) is 1.59. The number of ether oxygens (including phenoxy) is 1. The lowest BCUT2D eigenvalue weighted by molar-refractivity contribution is -0.138. The maximum atomic E-state index is 11.1. The summed E-state index contributed by atoms with van der Waals surface area (Å²) in [6.45, 7) is 6.22. The quantitative estimate of drug-likeness (QED) is 0.691. The maximum absolute atomic E-state index is 11.1. The fourth-order valence-corrected chi connectivity index (χ4v) is 1.94. The number of aliphatic hydroxyl groups excluding tert-OH is 1. The molecule has 0 aromatic rings. The monoisotopic (exact) mass is 216 g/mol. The highest BCUT2D eigenvalue weighted by molar-refractivity contribution is 5.73. The first-order chi connectivity index (χ1) is 7.06. The van der Waals surface area contributed by atoms with Gasteiger partial charge < -0.3 is 14.7 Å². The normalized spacial score (nSPS) is 22.5. The standard InChI is InChI=1S/C10H20N2O3/c1-8(13)10(15-3)12-6-4-11(5-7-12)9(2)14/h8,10,13H,4-7H2,1-3H3/t8-,10?/m0/s1. The van der Waals surface area contributed by atoms with E-state index in [9.17, 15) is 9.90 Å². The molecule has 0 aromatic heterocycles. The molecule has 15 heavy (non-hydrogen) atoms. The second-order valence-electron chi connectivity index (χ2n) is 3.91. The van der Waals surface area contributed by atoms with E-state index in [4.69, 9.17) is 4.74 Å². The third-order valence-electron chi connectivity index (χ3n) is 2.77. The molecule has 5 nitrogen and oxygen atoms in total. The Morgan fingerprint density at radius 3 is 2.20 bits per heavy atom. The Balaban J connectivity index is 2.45. The van der Waals surface area contributed by atoms with Gasteiger partial charge in [-0.1, -0.05) is 0 Å². The Kier molecular flexibility index (Phi) is 4.50. The van der Waals surface area contributed by atoms with Crippen molar-refractivity contribution in [2.24, 2.45) is 0 Å². The molecule has 2 atom stereocenters. The van der Waals surface area contributed by atoms with Crippen LogP contribution in [0.25, 0.3) is 0 Å². The van der Waals surface area contributed by atoms with E-state index in [-0.39, 0.29) is 12.1 Å². The second-order valence-corrected chi connectivity index (χ2v) is 3.91. The molecule has 1 fully saturated rings. The predicted octanol–water partition coefficient (Wildman–Crippen LogP) is -0.496. The van der Waals surface area contributed by atoms with Crippen molar-refractivity contribution in [3.8, 4) is 0 Å². The van der Waals surface area contributed by atoms with Gasteiger partial charge in [0.25, 0.3) is 0 Å². The van der Waals surface area contributed by atoms with Crippen LogP contribution in [0.4, 0.5) is 0 Å². The smallest absolute Gasteiger partial charge is 0.219 e. The zero-order chi connectivity index (χ0) is 11.4. The average molecular weight is 216 g/mol. The molecule has 1 amide bonds. The summed E-state index contributed by atoms with van der Waals surface area (Å²) < 4.78 is 5.22. The number of aliphatic hydroxyl groups is 1. The highest BCUT2D eigenvalue weighted by atomic mass is 16.5. The van der Waals surface area contributed by atoms with E-state index in [1.165, 1.54) is 0 Å². The number of carbonyl (C=O) groups is 1. The Labute approximate surface area is 90.6 Å². The van der Waals surface area contributed by atoms with E-state index in [0.29, 0.717) is 13.1 Å². The molecule has 1 unspecified atom stereocenters. The molecule has 0 aromatic carbocycles. The molecule has 1 aliphatic rings. The van der Waals surface area contributed by atoms with Crippen molar-refractivity contribution >= 4 is 5.91 Å². The van der Waals surface area contributed by atoms with Crippen LogP contribution in [0.15, 0.2) is 0 Å². The van der Waals surface area contributed by atoms with Crippen LogP contribution in [0.1, 0.15) is 13.8 Å². The fourth-order valence-electron chi connectivity index (χ4n) is 1.94. The van der Waals surface area contributed by atoms with Gasteiger partial charge in [-0.25, -0.2) is 0 Å². The first kappa shape index (κ1) is 12.4. The van der Waals surface area contributed by atoms with Gasteiger partial charge in [0, 0.05) is 40.2 Å². The van der Waals surface area contributed by atoms with Crippen molar-refractivity contribution in [3.63, 3.8) is 0 Å². The number of carbonyl (C=O) groups excluding carboxylic acids is 1. The summed E-state index contributed by atoms with van der Waals surface area (Å²) in [5, 5.41) is 9.49. The lowest BCUT2D eigenvalue weighted by Crippen LogP contribution is -2.54. The van der Waals surface area contributed by atoms with Crippen LogP contribution in [-0.4, -0.2) is 66.4 Å². The Morgan fingerprint density at radius 2 is 1.87 bits per heavy atom. The summed E-state index contributed by atoms with van der Waals surface area (Å²) in [5.74, 6) is 0.112. The highest BCUT2D eigenvalue weighted by Crippen LogP contribution is 2.10. The number of hydrogen-bond donors (Lipinski definition) is 1. The summed E-state index contributed by atoms with van der Waals surface area (Å²) in [4.78, 5) is 15.0. The second kappa shape index (κ2) is 5.44. The number of rotatable bonds is 3. The molecule has 0 radical (unpaired) electrons.